The number of fused-ring (bicyclic) bond motifs is 2. The second-order valence-corrected chi connectivity index (χ2v) is 8.42. The lowest BCUT2D eigenvalue weighted by atomic mass is 9.98. The Morgan fingerprint density at radius 2 is 1.58 bits per heavy atom. The molecule has 0 radical (unpaired) electrons. The molecule has 0 aliphatic heterocycles. The Balaban J connectivity index is 1.49. The van der Waals surface area contributed by atoms with Crippen LogP contribution in [0.15, 0.2) is 88.6 Å². The number of nitrogens with zero attached hydrogens (tertiary/aromatic N) is 1. The number of H-pyrrole nitrogens is 2. The van der Waals surface area contributed by atoms with Gasteiger partial charge >= 0.3 is 5.97 Å². The Bertz CT molecular complexity index is 1710. The molecule has 0 unspecified atom stereocenters. The molecule has 3 aromatic carbocycles. The van der Waals surface area contributed by atoms with Gasteiger partial charge in [0.1, 0.15) is 6.54 Å². The minimum absolute atomic E-state index is 0.190. The van der Waals surface area contributed by atoms with Gasteiger partial charge in [-0.15, -0.1) is 0 Å². The van der Waals surface area contributed by atoms with Crippen molar-refractivity contribution < 1.29 is 14.3 Å². The zero-order chi connectivity index (χ0) is 25.2. The van der Waals surface area contributed by atoms with Crippen molar-refractivity contribution in [3.63, 3.8) is 0 Å². The standard InChI is InChI=1S/C28H23N3O5/c1-2-17-11-8-14-19-22(15-29-24(17)19)25(33)26(18-9-4-3-5-10-18)36-23(32)16-31-28(35)21-13-7-6-12-20(21)27(34)30-31/h3-15,26,29H,2,16H2,1H3,(H,30,34)/t26-/m0/s1. The van der Waals surface area contributed by atoms with E-state index < -0.39 is 35.5 Å². The van der Waals surface area contributed by atoms with Crippen LogP contribution < -0.4 is 11.1 Å². The van der Waals surface area contributed by atoms with Crippen molar-refractivity contribution in [1.82, 2.24) is 14.8 Å². The van der Waals surface area contributed by atoms with E-state index in [2.05, 4.69) is 10.1 Å². The van der Waals surface area contributed by atoms with Gasteiger partial charge in [-0.05, 0) is 24.1 Å². The third kappa shape index (κ3) is 4.13. The molecule has 8 heteroatoms. The summed E-state index contributed by atoms with van der Waals surface area (Å²) in [6.07, 6.45) is 1.19. The Kier molecular flexibility index (Phi) is 6.08. The van der Waals surface area contributed by atoms with Crippen LogP contribution in [0.25, 0.3) is 21.7 Å². The van der Waals surface area contributed by atoms with Crippen LogP contribution in [0.5, 0.6) is 0 Å². The van der Waals surface area contributed by atoms with Crippen LogP contribution in [0.1, 0.15) is 34.5 Å². The lowest BCUT2D eigenvalue weighted by molar-refractivity contribution is -0.148. The Hall–Kier alpha value is -4.72. The number of ketones is 1. The van der Waals surface area contributed by atoms with E-state index in [-0.39, 0.29) is 10.8 Å². The molecule has 2 heterocycles. The van der Waals surface area contributed by atoms with Crippen molar-refractivity contribution in [2.24, 2.45) is 0 Å². The molecule has 0 bridgehead atoms. The molecule has 180 valence electrons. The van der Waals surface area contributed by atoms with Crippen LogP contribution in [0.4, 0.5) is 0 Å². The molecule has 0 fully saturated rings. The summed E-state index contributed by atoms with van der Waals surface area (Å²) in [6.45, 7) is 1.48. The molecule has 1 atom stereocenters. The van der Waals surface area contributed by atoms with Crippen molar-refractivity contribution in [2.75, 3.05) is 0 Å². The number of carbonyl (C=O) groups is 2. The molecule has 2 aromatic heterocycles. The first kappa shape index (κ1) is 23.0. The predicted octanol–water partition coefficient (Wildman–Crippen LogP) is 3.90. The fourth-order valence-electron chi connectivity index (χ4n) is 4.41. The van der Waals surface area contributed by atoms with E-state index in [1.807, 2.05) is 25.1 Å². The Morgan fingerprint density at radius 3 is 2.33 bits per heavy atom. The van der Waals surface area contributed by atoms with Crippen LogP contribution in [-0.2, 0) is 22.5 Å². The molecule has 0 saturated heterocycles. The van der Waals surface area contributed by atoms with E-state index >= 15 is 0 Å². The number of benzene rings is 3. The zero-order valence-corrected chi connectivity index (χ0v) is 19.5. The number of hydrogen-bond acceptors (Lipinski definition) is 5. The molecule has 0 spiro atoms. The molecule has 0 amide bonds. The SMILES string of the molecule is CCc1cccc2c(C(=O)[C@@H](OC(=O)Cn3[nH]c(=O)c4ccccc4c3=O)c3ccccc3)c[nH]c12. The highest BCUT2D eigenvalue weighted by Crippen LogP contribution is 2.29. The molecule has 8 nitrogen and oxygen atoms in total. The molecule has 0 saturated carbocycles. The van der Waals surface area contributed by atoms with Crippen LogP contribution in [0, 0.1) is 0 Å². The summed E-state index contributed by atoms with van der Waals surface area (Å²) in [5, 5.41) is 3.58. The van der Waals surface area contributed by atoms with Gasteiger partial charge in [0.05, 0.1) is 10.8 Å². The summed E-state index contributed by atoms with van der Waals surface area (Å²) in [4.78, 5) is 55.0. The number of aromatic nitrogens is 3. The van der Waals surface area contributed by atoms with Crippen LogP contribution in [-0.4, -0.2) is 26.5 Å². The summed E-state index contributed by atoms with van der Waals surface area (Å²) in [5.74, 6) is -1.23. The monoisotopic (exact) mass is 481 g/mol. The lowest BCUT2D eigenvalue weighted by Crippen LogP contribution is -2.33. The molecular weight excluding hydrogens is 458 g/mol. The van der Waals surface area contributed by atoms with Crippen LogP contribution >= 0.6 is 0 Å². The first-order valence-corrected chi connectivity index (χ1v) is 11.6. The molecule has 5 rings (SSSR count). The fraction of sp³-hybridized carbons (Fsp3) is 0.143. The minimum Gasteiger partial charge on any atom is -0.448 e. The van der Waals surface area contributed by atoms with Crippen molar-refractivity contribution in [1.29, 1.82) is 0 Å². The molecular formula is C28H23N3O5. The number of para-hydroxylation sites is 1. The summed E-state index contributed by atoms with van der Waals surface area (Å²) in [5.41, 5.74) is 1.79. The third-order valence-electron chi connectivity index (χ3n) is 6.21. The van der Waals surface area contributed by atoms with E-state index in [1.165, 1.54) is 12.1 Å². The van der Waals surface area contributed by atoms with Gasteiger partial charge in [-0.2, -0.15) is 0 Å². The molecule has 2 N–H and O–H groups in total. The van der Waals surface area contributed by atoms with Crippen molar-refractivity contribution >= 4 is 33.4 Å². The average molecular weight is 482 g/mol. The first-order valence-electron chi connectivity index (χ1n) is 11.6. The van der Waals surface area contributed by atoms with Gasteiger partial charge in [-0.3, -0.25) is 24.3 Å². The van der Waals surface area contributed by atoms with Gasteiger partial charge in [0, 0.05) is 28.2 Å². The largest absolute Gasteiger partial charge is 0.448 e. The topological polar surface area (TPSA) is 114 Å². The van der Waals surface area contributed by atoms with E-state index in [0.29, 0.717) is 11.1 Å². The Labute approximate surface area is 205 Å². The maximum Gasteiger partial charge on any atom is 0.328 e. The quantitative estimate of drug-likeness (QED) is 0.270. The number of hydrogen-bond donors (Lipinski definition) is 2. The molecule has 5 aromatic rings. The summed E-state index contributed by atoms with van der Waals surface area (Å²) < 4.78 is 6.56. The highest BCUT2D eigenvalue weighted by Gasteiger charge is 2.28. The highest BCUT2D eigenvalue weighted by molar-refractivity contribution is 6.11. The van der Waals surface area contributed by atoms with E-state index in [0.717, 1.165) is 27.6 Å². The third-order valence-corrected chi connectivity index (χ3v) is 6.21. The van der Waals surface area contributed by atoms with Crippen molar-refractivity contribution in [3.8, 4) is 0 Å². The van der Waals surface area contributed by atoms with Gasteiger partial charge in [0.2, 0.25) is 5.78 Å². The van der Waals surface area contributed by atoms with E-state index in [1.54, 1.807) is 48.7 Å². The lowest BCUT2D eigenvalue weighted by Gasteiger charge is -2.17. The summed E-state index contributed by atoms with van der Waals surface area (Å²) in [6, 6.07) is 20.8. The van der Waals surface area contributed by atoms with E-state index in [9.17, 15) is 19.2 Å². The zero-order valence-electron chi connectivity index (χ0n) is 19.5. The predicted molar refractivity (Wildman–Crippen MR) is 136 cm³/mol. The molecule has 36 heavy (non-hydrogen) atoms. The number of ether oxygens (including phenoxy) is 1. The minimum atomic E-state index is -1.23. The molecule has 0 aliphatic carbocycles. The summed E-state index contributed by atoms with van der Waals surface area (Å²) >= 11 is 0. The number of nitrogens with one attached hydrogen (secondary N) is 2. The number of aromatic amines is 2. The summed E-state index contributed by atoms with van der Waals surface area (Å²) in [7, 11) is 0. The number of Topliss-reactive ketones (excluding diaryl/α,β-unsaturated/α-hetero) is 1. The smallest absolute Gasteiger partial charge is 0.328 e. The van der Waals surface area contributed by atoms with Gasteiger partial charge in [-0.1, -0.05) is 67.6 Å². The van der Waals surface area contributed by atoms with Gasteiger partial charge in [0.15, 0.2) is 6.10 Å². The maximum absolute atomic E-state index is 13.7. The number of carbonyl (C=O) groups excluding carboxylic acids is 2. The second kappa shape index (κ2) is 9.50. The average Bonchev–Trinajstić information content (AvgIpc) is 3.35. The second-order valence-electron chi connectivity index (χ2n) is 8.42. The van der Waals surface area contributed by atoms with Crippen molar-refractivity contribution in [2.45, 2.75) is 26.0 Å². The van der Waals surface area contributed by atoms with Crippen LogP contribution in [0.2, 0.25) is 0 Å². The van der Waals surface area contributed by atoms with E-state index in [4.69, 9.17) is 4.74 Å². The fourth-order valence-corrected chi connectivity index (χ4v) is 4.41. The Morgan fingerprint density at radius 1 is 0.889 bits per heavy atom. The molecule has 0 aliphatic rings. The first-order chi connectivity index (χ1) is 17.5. The van der Waals surface area contributed by atoms with Gasteiger partial charge in [0.25, 0.3) is 11.1 Å². The van der Waals surface area contributed by atoms with Gasteiger partial charge < -0.3 is 9.72 Å². The number of esters is 1. The van der Waals surface area contributed by atoms with Gasteiger partial charge in [-0.25, -0.2) is 4.68 Å². The van der Waals surface area contributed by atoms with Crippen molar-refractivity contribution in [3.05, 3.63) is 116 Å². The highest BCUT2D eigenvalue weighted by atomic mass is 16.5. The number of aryl methyl sites for hydroxylation is 1. The van der Waals surface area contributed by atoms with Crippen LogP contribution in [0.3, 0.4) is 0 Å². The normalized spacial score (nSPS) is 12.0. The number of rotatable bonds is 7. The maximum atomic E-state index is 13.7.